The van der Waals surface area contributed by atoms with Crippen LogP contribution in [0.1, 0.15) is 20.8 Å². The van der Waals surface area contributed by atoms with Gasteiger partial charge in [-0.15, -0.1) is 11.3 Å². The quantitative estimate of drug-likeness (QED) is 0.389. The van der Waals surface area contributed by atoms with E-state index < -0.39 is 0 Å². The van der Waals surface area contributed by atoms with Gasteiger partial charge < -0.3 is 20.3 Å². The first kappa shape index (κ1) is 20.8. The number of aryl methyl sites for hydroxylation is 1. The van der Waals surface area contributed by atoms with Gasteiger partial charge in [0.05, 0.1) is 35.7 Å². The first-order valence-electron chi connectivity index (χ1n) is 10.7. The molecule has 0 bridgehead atoms. The highest BCUT2D eigenvalue weighted by atomic mass is 32.1. The highest BCUT2D eigenvalue weighted by Crippen LogP contribution is 2.32. The van der Waals surface area contributed by atoms with Crippen molar-refractivity contribution in [2.24, 2.45) is 5.10 Å². The molecule has 5 rings (SSSR count). The standard InChI is InChI=1S/C22H25N7O2S/c1-14-3-2-4-15(9-14)11-24-28-22-26-19(29-5-7-31-8-6-29)17-10-18(32-21(17)27-22)20(30)25-16-12-23-13-16/h2-4,9-11,16,23H,5-8,12-13H2,1H3,(H,25,30)(H,26,27,28)/b24-11+. The maximum Gasteiger partial charge on any atom is 0.261 e. The number of rotatable bonds is 6. The molecule has 4 heterocycles. The van der Waals surface area contributed by atoms with Gasteiger partial charge in [-0.1, -0.05) is 29.8 Å². The molecule has 1 amide bonds. The number of fused-ring (bicyclic) bond motifs is 1. The van der Waals surface area contributed by atoms with E-state index in [2.05, 4.69) is 37.1 Å². The summed E-state index contributed by atoms with van der Waals surface area (Å²) in [5, 5.41) is 11.4. The number of hydrazone groups is 1. The molecular weight excluding hydrogens is 426 g/mol. The minimum atomic E-state index is -0.0700. The number of nitrogens with one attached hydrogen (secondary N) is 3. The summed E-state index contributed by atoms with van der Waals surface area (Å²) in [5.41, 5.74) is 5.12. The Hall–Kier alpha value is -3.08. The monoisotopic (exact) mass is 451 g/mol. The molecule has 2 aliphatic rings. The van der Waals surface area contributed by atoms with Crippen LogP contribution in [-0.4, -0.2) is 67.5 Å². The molecule has 2 aliphatic heterocycles. The van der Waals surface area contributed by atoms with Crippen LogP contribution in [0.5, 0.6) is 0 Å². The normalized spacial score (nSPS) is 17.0. The molecule has 3 aromatic rings. The Morgan fingerprint density at radius 3 is 2.88 bits per heavy atom. The summed E-state index contributed by atoms with van der Waals surface area (Å²) < 4.78 is 5.50. The molecule has 1 aromatic carbocycles. The van der Waals surface area contributed by atoms with Crippen molar-refractivity contribution in [2.75, 3.05) is 49.7 Å². The van der Waals surface area contributed by atoms with Gasteiger partial charge in [-0.2, -0.15) is 10.1 Å². The van der Waals surface area contributed by atoms with Gasteiger partial charge in [-0.05, 0) is 18.6 Å². The largest absolute Gasteiger partial charge is 0.378 e. The predicted molar refractivity (Wildman–Crippen MR) is 127 cm³/mol. The third-order valence-corrected chi connectivity index (χ3v) is 6.47. The fourth-order valence-electron chi connectivity index (χ4n) is 3.65. The summed E-state index contributed by atoms with van der Waals surface area (Å²) in [6, 6.07) is 10.2. The first-order chi connectivity index (χ1) is 15.7. The number of thiophene rings is 1. The number of nitrogens with zero attached hydrogens (tertiary/aromatic N) is 4. The van der Waals surface area contributed by atoms with Crippen molar-refractivity contribution >= 4 is 45.4 Å². The molecule has 0 aliphatic carbocycles. The highest BCUT2D eigenvalue weighted by Gasteiger charge is 2.24. The summed E-state index contributed by atoms with van der Waals surface area (Å²) in [4.78, 5) is 25.6. The first-order valence-corrected chi connectivity index (χ1v) is 11.5. The van der Waals surface area contributed by atoms with Crippen LogP contribution in [0.3, 0.4) is 0 Å². The van der Waals surface area contributed by atoms with Crippen LogP contribution in [0.15, 0.2) is 35.4 Å². The lowest BCUT2D eigenvalue weighted by molar-refractivity contribution is 0.0928. The van der Waals surface area contributed by atoms with Crippen LogP contribution in [0, 0.1) is 6.92 Å². The average molecular weight is 452 g/mol. The molecule has 0 radical (unpaired) electrons. The van der Waals surface area contributed by atoms with E-state index in [0.29, 0.717) is 24.0 Å². The lowest BCUT2D eigenvalue weighted by Gasteiger charge is -2.28. The Morgan fingerprint density at radius 2 is 2.12 bits per heavy atom. The molecule has 0 atom stereocenters. The van der Waals surface area contributed by atoms with Gasteiger partial charge in [0, 0.05) is 26.2 Å². The zero-order valence-electron chi connectivity index (χ0n) is 17.8. The van der Waals surface area contributed by atoms with Crippen molar-refractivity contribution in [1.82, 2.24) is 20.6 Å². The summed E-state index contributed by atoms with van der Waals surface area (Å²) >= 11 is 1.37. The Balaban J connectivity index is 1.43. The third kappa shape index (κ3) is 4.57. The highest BCUT2D eigenvalue weighted by molar-refractivity contribution is 7.20. The molecule has 9 nitrogen and oxygen atoms in total. The zero-order chi connectivity index (χ0) is 21.9. The van der Waals surface area contributed by atoms with E-state index >= 15 is 0 Å². The second-order valence-electron chi connectivity index (χ2n) is 7.91. The lowest BCUT2D eigenvalue weighted by atomic mass is 10.2. The van der Waals surface area contributed by atoms with Crippen molar-refractivity contribution < 1.29 is 9.53 Å². The maximum absolute atomic E-state index is 12.7. The molecule has 2 saturated heterocycles. The number of carbonyl (C=O) groups is 1. The fourth-order valence-corrected chi connectivity index (χ4v) is 4.58. The van der Waals surface area contributed by atoms with E-state index in [1.165, 1.54) is 16.9 Å². The third-order valence-electron chi connectivity index (χ3n) is 5.44. The van der Waals surface area contributed by atoms with Gasteiger partial charge >= 0.3 is 0 Å². The number of carbonyl (C=O) groups excluding carboxylic acids is 1. The van der Waals surface area contributed by atoms with E-state index in [9.17, 15) is 4.79 Å². The molecule has 0 saturated carbocycles. The molecule has 10 heteroatoms. The fraction of sp³-hybridized carbons (Fsp3) is 0.364. The van der Waals surface area contributed by atoms with Crippen molar-refractivity contribution in [3.05, 3.63) is 46.3 Å². The molecule has 0 spiro atoms. The van der Waals surface area contributed by atoms with E-state index in [0.717, 1.165) is 47.8 Å². The minimum absolute atomic E-state index is 0.0700. The number of morpholine rings is 1. The Kier molecular flexibility index (Phi) is 5.97. The van der Waals surface area contributed by atoms with Crippen molar-refractivity contribution in [3.8, 4) is 0 Å². The van der Waals surface area contributed by atoms with E-state index in [1.54, 1.807) is 6.21 Å². The number of aromatic nitrogens is 2. The molecule has 166 valence electrons. The predicted octanol–water partition coefficient (Wildman–Crippen LogP) is 1.98. The Bertz CT molecular complexity index is 1150. The zero-order valence-corrected chi connectivity index (χ0v) is 18.6. The molecular formula is C22H25N7O2S. The van der Waals surface area contributed by atoms with E-state index in [-0.39, 0.29) is 11.9 Å². The molecule has 32 heavy (non-hydrogen) atoms. The van der Waals surface area contributed by atoms with Gasteiger partial charge in [0.2, 0.25) is 5.95 Å². The minimum Gasteiger partial charge on any atom is -0.378 e. The number of amides is 1. The topological polar surface area (TPSA) is 104 Å². The summed E-state index contributed by atoms with van der Waals surface area (Å²) in [6.07, 6.45) is 1.74. The second kappa shape index (κ2) is 9.19. The van der Waals surface area contributed by atoms with Crippen LogP contribution in [0.25, 0.3) is 10.2 Å². The van der Waals surface area contributed by atoms with Gasteiger partial charge in [-0.25, -0.2) is 10.4 Å². The Morgan fingerprint density at radius 1 is 1.28 bits per heavy atom. The van der Waals surface area contributed by atoms with Gasteiger partial charge in [0.15, 0.2) is 0 Å². The van der Waals surface area contributed by atoms with Crippen LogP contribution >= 0.6 is 11.3 Å². The maximum atomic E-state index is 12.7. The second-order valence-corrected chi connectivity index (χ2v) is 8.94. The van der Waals surface area contributed by atoms with Crippen molar-refractivity contribution in [2.45, 2.75) is 13.0 Å². The van der Waals surface area contributed by atoms with Crippen LogP contribution < -0.4 is 21.0 Å². The number of anilines is 2. The van der Waals surface area contributed by atoms with Crippen LogP contribution in [-0.2, 0) is 4.74 Å². The Labute approximate surface area is 189 Å². The van der Waals surface area contributed by atoms with Gasteiger partial charge in [-0.3, -0.25) is 4.79 Å². The summed E-state index contributed by atoms with van der Waals surface area (Å²) in [7, 11) is 0. The average Bonchev–Trinajstić information content (AvgIpc) is 3.21. The molecule has 2 aromatic heterocycles. The number of ether oxygens (including phenoxy) is 1. The molecule has 3 N–H and O–H groups in total. The van der Waals surface area contributed by atoms with Crippen molar-refractivity contribution in [3.63, 3.8) is 0 Å². The van der Waals surface area contributed by atoms with E-state index in [1.807, 2.05) is 31.2 Å². The smallest absolute Gasteiger partial charge is 0.261 e. The number of hydrogen-bond acceptors (Lipinski definition) is 9. The molecule has 2 fully saturated rings. The number of hydrogen-bond donors (Lipinski definition) is 3. The van der Waals surface area contributed by atoms with Crippen LogP contribution in [0.4, 0.5) is 11.8 Å². The number of benzene rings is 1. The SMILES string of the molecule is Cc1cccc(/C=N/Nc2nc(N3CCOCC3)c3cc(C(=O)NC4CNC4)sc3n2)c1. The van der Waals surface area contributed by atoms with Gasteiger partial charge in [0.25, 0.3) is 5.91 Å². The van der Waals surface area contributed by atoms with Crippen molar-refractivity contribution in [1.29, 1.82) is 0 Å². The van der Waals surface area contributed by atoms with Crippen LogP contribution in [0.2, 0.25) is 0 Å². The van der Waals surface area contributed by atoms with Gasteiger partial charge in [0.1, 0.15) is 10.6 Å². The lowest BCUT2D eigenvalue weighted by Crippen LogP contribution is -2.56. The van der Waals surface area contributed by atoms with E-state index in [4.69, 9.17) is 9.72 Å². The summed E-state index contributed by atoms with van der Waals surface area (Å²) in [5.74, 6) is 1.13. The summed E-state index contributed by atoms with van der Waals surface area (Å²) in [6.45, 7) is 6.43. The molecule has 0 unspecified atom stereocenters.